The van der Waals surface area contributed by atoms with Gasteiger partial charge in [0.25, 0.3) is 0 Å². The van der Waals surface area contributed by atoms with Gasteiger partial charge in [-0.05, 0) is 64.7 Å². The van der Waals surface area contributed by atoms with Gasteiger partial charge in [0.05, 0.1) is 22.8 Å². The molecule has 62 heavy (non-hydrogen) atoms. The van der Waals surface area contributed by atoms with E-state index in [1.54, 1.807) is 0 Å². The highest BCUT2D eigenvalue weighted by Gasteiger charge is 2.55. The summed E-state index contributed by atoms with van der Waals surface area (Å²) in [4.78, 5) is 15.1. The van der Waals surface area contributed by atoms with E-state index in [9.17, 15) is 0 Å². The molecule has 0 fully saturated rings. The zero-order valence-electron chi connectivity index (χ0n) is 33.9. The molecule has 4 heteroatoms. The van der Waals surface area contributed by atoms with Crippen LogP contribution in [0.5, 0.6) is 0 Å². The van der Waals surface area contributed by atoms with E-state index in [1.165, 1.54) is 22.3 Å². The predicted octanol–water partition coefficient (Wildman–Crippen LogP) is 13.8. The number of fused-ring (bicyclic) bond motifs is 2. The van der Waals surface area contributed by atoms with E-state index < -0.39 is 5.41 Å². The zero-order chi connectivity index (χ0) is 41.3. The summed E-state index contributed by atoms with van der Waals surface area (Å²) in [6.07, 6.45) is 8.49. The highest BCUT2D eigenvalue weighted by atomic mass is 16.5. The maximum Gasteiger partial charge on any atom is 0.131 e. The minimum Gasteiger partial charge on any atom is -0.457 e. The number of aromatic nitrogens is 3. The van der Waals surface area contributed by atoms with E-state index in [2.05, 4.69) is 200 Å². The van der Waals surface area contributed by atoms with Crippen LogP contribution in [0.2, 0.25) is 0 Å². The van der Waals surface area contributed by atoms with Crippen LogP contribution in [0, 0.1) is 0 Å². The highest BCUT2D eigenvalue weighted by Crippen LogP contribution is 2.64. The molecule has 1 aliphatic carbocycles. The van der Waals surface area contributed by atoms with Crippen LogP contribution in [0.3, 0.4) is 0 Å². The predicted molar refractivity (Wildman–Crippen MR) is 251 cm³/mol. The molecule has 3 aromatic heterocycles. The van der Waals surface area contributed by atoms with Crippen molar-refractivity contribution in [1.82, 2.24) is 15.0 Å². The lowest BCUT2D eigenvalue weighted by molar-refractivity contribution is 0.421. The molecule has 0 saturated carbocycles. The van der Waals surface area contributed by atoms with Gasteiger partial charge in [0.1, 0.15) is 11.5 Å². The Kier molecular flexibility index (Phi) is 9.51. The summed E-state index contributed by atoms with van der Waals surface area (Å²) >= 11 is 0. The lowest BCUT2D eigenvalue weighted by atomic mass is 9.66. The summed E-state index contributed by atoms with van der Waals surface area (Å²) in [5.74, 6) is 1.39. The monoisotopic (exact) mass is 795 g/mol. The Morgan fingerprint density at radius 1 is 0.387 bits per heavy atom. The second-order valence-corrected chi connectivity index (χ2v) is 16.0. The highest BCUT2D eigenvalue weighted by molar-refractivity contribution is 5.84. The Hall–Kier alpha value is -7.95. The SMILES string of the molecule is C1=C(c2ccccc2)OC(c2ccccc2)=CC12c1c(cc(-c3ccccc3)nc1-c1ccccc1)C(c1ccc(-c3ccccn3)cc1)C2c1ccc(-c2ccccn2)cc1. The normalized spacial score (nSPS) is 16.2. The Morgan fingerprint density at radius 3 is 1.31 bits per heavy atom. The minimum atomic E-state index is -0.742. The van der Waals surface area contributed by atoms with Gasteiger partial charge < -0.3 is 4.74 Å². The number of rotatable bonds is 8. The number of hydrogen-bond acceptors (Lipinski definition) is 4. The van der Waals surface area contributed by atoms with Gasteiger partial charge in [0, 0.05) is 63.0 Å². The first-order chi connectivity index (χ1) is 30.7. The lowest BCUT2D eigenvalue weighted by Gasteiger charge is -2.38. The Bertz CT molecular complexity index is 2990. The molecule has 2 atom stereocenters. The van der Waals surface area contributed by atoms with Gasteiger partial charge in [-0.15, -0.1) is 0 Å². The van der Waals surface area contributed by atoms with Crippen LogP contribution in [0.25, 0.3) is 56.5 Å². The Morgan fingerprint density at radius 2 is 0.823 bits per heavy atom. The molecule has 11 rings (SSSR count). The van der Waals surface area contributed by atoms with Gasteiger partial charge >= 0.3 is 0 Å². The van der Waals surface area contributed by atoms with E-state index in [-0.39, 0.29) is 11.8 Å². The van der Waals surface area contributed by atoms with E-state index >= 15 is 0 Å². The van der Waals surface area contributed by atoms with Crippen molar-refractivity contribution in [2.75, 3.05) is 0 Å². The summed E-state index contributed by atoms with van der Waals surface area (Å²) in [6, 6.07) is 74.9. The standard InChI is InChI=1S/C58H41N3O/c1-5-17-40(18-6-1)51-37-48-54(45-31-27-41(28-32-45)49-25-13-15-35-59-49)55(46-33-29-42(30-34-46)50-26-14-16-36-60-50)58(56(48)57(61-51)47-23-11-4-12-24-47)38-52(43-19-7-2-8-20-43)62-53(39-58)44-21-9-3-10-22-44/h1-39,54-55H. The van der Waals surface area contributed by atoms with Crippen LogP contribution in [0.4, 0.5) is 0 Å². The third-order valence-corrected chi connectivity index (χ3v) is 12.3. The van der Waals surface area contributed by atoms with Crippen molar-refractivity contribution < 1.29 is 4.74 Å². The topological polar surface area (TPSA) is 47.9 Å². The number of benzene rings is 6. The molecular formula is C58H41N3O. The quantitative estimate of drug-likeness (QED) is 0.154. The Labute approximate surface area is 362 Å². The Balaban J connectivity index is 1.25. The number of allylic oxidation sites excluding steroid dienone is 2. The fourth-order valence-corrected chi connectivity index (χ4v) is 9.53. The van der Waals surface area contributed by atoms with E-state index in [1.807, 2.05) is 36.7 Å². The largest absolute Gasteiger partial charge is 0.457 e. The molecule has 6 aromatic carbocycles. The van der Waals surface area contributed by atoms with Gasteiger partial charge in [-0.3, -0.25) is 9.97 Å². The zero-order valence-corrected chi connectivity index (χ0v) is 33.9. The minimum absolute atomic E-state index is 0.101. The second-order valence-electron chi connectivity index (χ2n) is 16.0. The van der Waals surface area contributed by atoms with E-state index in [0.29, 0.717) is 0 Å². The molecule has 1 spiro atoms. The summed E-state index contributed by atoms with van der Waals surface area (Å²) in [6.45, 7) is 0. The molecule has 2 aliphatic rings. The van der Waals surface area contributed by atoms with Gasteiger partial charge in [0.15, 0.2) is 0 Å². The number of pyridine rings is 3. The molecule has 0 N–H and O–H groups in total. The molecule has 0 saturated heterocycles. The van der Waals surface area contributed by atoms with Crippen molar-refractivity contribution in [3.8, 4) is 45.0 Å². The van der Waals surface area contributed by atoms with Crippen molar-refractivity contribution in [2.45, 2.75) is 17.3 Å². The van der Waals surface area contributed by atoms with Gasteiger partial charge in [-0.1, -0.05) is 182 Å². The van der Waals surface area contributed by atoms with Crippen LogP contribution >= 0.6 is 0 Å². The molecule has 294 valence electrons. The maximum absolute atomic E-state index is 7.05. The van der Waals surface area contributed by atoms with Gasteiger partial charge in [-0.2, -0.15) is 0 Å². The summed E-state index contributed by atoms with van der Waals surface area (Å²) in [7, 11) is 0. The van der Waals surface area contributed by atoms with Crippen molar-refractivity contribution in [1.29, 1.82) is 0 Å². The molecular weight excluding hydrogens is 755 g/mol. The molecule has 4 heterocycles. The van der Waals surface area contributed by atoms with Gasteiger partial charge in [0.2, 0.25) is 0 Å². The van der Waals surface area contributed by atoms with Crippen molar-refractivity contribution >= 4 is 11.5 Å². The molecule has 0 amide bonds. The number of ether oxygens (including phenoxy) is 1. The first-order valence-electron chi connectivity index (χ1n) is 21.2. The van der Waals surface area contributed by atoms with Crippen LogP contribution in [-0.2, 0) is 10.2 Å². The summed E-state index contributed by atoms with van der Waals surface area (Å²) in [5.41, 5.74) is 14.2. The summed E-state index contributed by atoms with van der Waals surface area (Å²) in [5, 5.41) is 0. The van der Waals surface area contributed by atoms with Crippen molar-refractivity contribution in [3.05, 3.63) is 270 Å². The average Bonchev–Trinajstić information content (AvgIpc) is 3.63. The average molecular weight is 796 g/mol. The van der Waals surface area contributed by atoms with Crippen LogP contribution in [0.1, 0.15) is 45.2 Å². The molecule has 9 aromatic rings. The van der Waals surface area contributed by atoms with Crippen LogP contribution in [-0.4, -0.2) is 15.0 Å². The lowest BCUT2D eigenvalue weighted by Crippen LogP contribution is -2.31. The fraction of sp³-hybridized carbons (Fsp3) is 0.0517. The third kappa shape index (κ3) is 6.72. The molecule has 4 nitrogen and oxygen atoms in total. The number of hydrogen-bond donors (Lipinski definition) is 0. The van der Waals surface area contributed by atoms with Crippen molar-refractivity contribution in [3.63, 3.8) is 0 Å². The smallest absolute Gasteiger partial charge is 0.131 e. The van der Waals surface area contributed by atoms with Crippen LogP contribution in [0.15, 0.2) is 237 Å². The van der Waals surface area contributed by atoms with Crippen LogP contribution < -0.4 is 0 Å². The molecule has 2 unspecified atom stereocenters. The molecule has 0 radical (unpaired) electrons. The van der Waals surface area contributed by atoms with E-state index in [0.717, 1.165) is 67.7 Å². The van der Waals surface area contributed by atoms with Crippen molar-refractivity contribution in [2.24, 2.45) is 0 Å². The first-order valence-corrected chi connectivity index (χ1v) is 21.2. The first kappa shape index (κ1) is 37.1. The fourth-order valence-electron chi connectivity index (χ4n) is 9.53. The maximum atomic E-state index is 7.05. The third-order valence-electron chi connectivity index (χ3n) is 12.3. The van der Waals surface area contributed by atoms with Gasteiger partial charge in [-0.25, -0.2) is 4.98 Å². The molecule has 0 bridgehead atoms. The van der Waals surface area contributed by atoms with E-state index in [4.69, 9.17) is 19.7 Å². The second kappa shape index (κ2) is 15.9. The summed E-state index contributed by atoms with van der Waals surface area (Å²) < 4.78 is 7.05. The number of nitrogens with zero attached hydrogens (tertiary/aromatic N) is 3. The molecule has 1 aliphatic heterocycles.